The summed E-state index contributed by atoms with van der Waals surface area (Å²) < 4.78 is 69.4. The number of nitrogens with one attached hydrogen (secondary N) is 1. The number of aryl methyl sites for hydroxylation is 1. The molecule has 1 aromatic heterocycles. The van der Waals surface area contributed by atoms with Crippen LogP contribution in [0.25, 0.3) is 11.0 Å². The van der Waals surface area contributed by atoms with Crippen molar-refractivity contribution in [2.24, 2.45) is 0 Å². The topological polar surface area (TPSA) is 143 Å². The van der Waals surface area contributed by atoms with Gasteiger partial charge in [0.15, 0.2) is 0 Å². The average Bonchev–Trinajstić information content (AvgIpc) is 3.28. The van der Waals surface area contributed by atoms with Gasteiger partial charge in [0.1, 0.15) is 15.9 Å². The molecule has 0 aliphatic rings. The number of H-pyrrole nitrogens is 1. The molecule has 1 unspecified atom stereocenters. The van der Waals surface area contributed by atoms with E-state index in [1.165, 1.54) is 83.3 Å². The SMILES string of the molecule is CCCCCCCCCCCCCCCC(=S)Cc1c(S(=O)(=O)[O-])ccc2[nH]c(CCC(C)S(=O)(=O)[O-])nc12.[Na+].[Na+]. The van der Waals surface area contributed by atoms with Crippen LogP contribution < -0.4 is 59.1 Å². The number of nitrogens with zero attached hydrogens (tertiary/aromatic N) is 1. The van der Waals surface area contributed by atoms with Gasteiger partial charge in [-0.2, -0.15) is 0 Å². The standard InChI is InChI=1S/C28H46N2O6S3.2Na/c1-3-4-5-6-7-8-9-10-11-12-13-14-15-16-23(37)21-24-26(39(34,35)36)19-18-25-28(24)30-27(29-25)20-17-22(2)38(31,32)33;;/h18-19,22H,3-17,20-21H2,1-2H3,(H,29,30)(H,31,32,33)(H,34,35,36);;/q;2*+1/p-2. The molecule has 222 valence electrons. The number of imidazole rings is 1. The quantitative estimate of drug-likeness (QED) is 0.0906. The van der Waals surface area contributed by atoms with Crippen LogP contribution in [0.1, 0.15) is 122 Å². The van der Waals surface area contributed by atoms with E-state index in [2.05, 4.69) is 16.9 Å². The Morgan fingerprint density at radius 1 is 0.878 bits per heavy atom. The van der Waals surface area contributed by atoms with E-state index in [9.17, 15) is 25.9 Å². The zero-order valence-corrected chi connectivity index (χ0v) is 31.8. The van der Waals surface area contributed by atoms with Crippen molar-refractivity contribution in [2.75, 3.05) is 0 Å². The van der Waals surface area contributed by atoms with Gasteiger partial charge in [-0.25, -0.2) is 21.8 Å². The van der Waals surface area contributed by atoms with E-state index in [4.69, 9.17) is 12.2 Å². The number of thiocarbonyl (C=S) groups is 1. The second-order valence-electron chi connectivity index (χ2n) is 10.6. The summed E-state index contributed by atoms with van der Waals surface area (Å²) in [6, 6.07) is 2.74. The van der Waals surface area contributed by atoms with Crippen molar-refractivity contribution in [3.8, 4) is 0 Å². The molecule has 0 aliphatic carbocycles. The molecule has 13 heteroatoms. The number of aromatic amines is 1. The summed E-state index contributed by atoms with van der Waals surface area (Å²) in [5.74, 6) is 0.421. The van der Waals surface area contributed by atoms with Crippen molar-refractivity contribution in [1.82, 2.24) is 9.97 Å². The Kier molecular flexibility index (Phi) is 21.7. The van der Waals surface area contributed by atoms with Crippen LogP contribution in [0.15, 0.2) is 17.0 Å². The molecule has 1 atom stereocenters. The molecule has 0 fully saturated rings. The Morgan fingerprint density at radius 3 is 1.88 bits per heavy atom. The molecule has 0 aliphatic heterocycles. The third-order valence-electron chi connectivity index (χ3n) is 7.25. The van der Waals surface area contributed by atoms with E-state index in [0.717, 1.165) is 19.3 Å². The van der Waals surface area contributed by atoms with E-state index in [-0.39, 0.29) is 88.8 Å². The molecule has 1 aromatic carbocycles. The van der Waals surface area contributed by atoms with Gasteiger partial charge in [-0.05, 0) is 43.2 Å². The summed E-state index contributed by atoms with van der Waals surface area (Å²) in [6.45, 7) is 3.58. The molecule has 0 amide bonds. The minimum atomic E-state index is -4.74. The van der Waals surface area contributed by atoms with Crippen LogP contribution in [-0.2, 0) is 33.1 Å². The van der Waals surface area contributed by atoms with Crippen molar-refractivity contribution in [3.63, 3.8) is 0 Å². The smallest absolute Gasteiger partial charge is 0.748 e. The Hall–Kier alpha value is 0.600. The summed E-state index contributed by atoms with van der Waals surface area (Å²) in [6.07, 6.45) is 17.3. The van der Waals surface area contributed by atoms with Gasteiger partial charge < -0.3 is 14.1 Å². The Balaban J connectivity index is 0.00000800. The third kappa shape index (κ3) is 15.9. The second kappa shape index (κ2) is 21.4. The zero-order chi connectivity index (χ0) is 28.9. The van der Waals surface area contributed by atoms with E-state index in [1.54, 1.807) is 0 Å². The average molecular weight is 647 g/mol. The first-order chi connectivity index (χ1) is 18.4. The van der Waals surface area contributed by atoms with Crippen molar-refractivity contribution < 1.29 is 85.1 Å². The molecule has 2 aromatic rings. The van der Waals surface area contributed by atoms with Crippen LogP contribution in [-0.4, -0.2) is 46.0 Å². The van der Waals surface area contributed by atoms with Crippen molar-refractivity contribution in [3.05, 3.63) is 23.5 Å². The van der Waals surface area contributed by atoms with Crippen LogP contribution in [0.4, 0.5) is 0 Å². The summed E-state index contributed by atoms with van der Waals surface area (Å²) >= 11 is 5.56. The first-order valence-electron chi connectivity index (χ1n) is 14.4. The zero-order valence-electron chi connectivity index (χ0n) is 25.4. The number of aromatic nitrogens is 2. The van der Waals surface area contributed by atoms with Crippen LogP contribution in [0.5, 0.6) is 0 Å². The Bertz CT molecular complexity index is 1270. The van der Waals surface area contributed by atoms with Gasteiger partial charge in [0, 0.05) is 23.7 Å². The molecule has 0 saturated heterocycles. The van der Waals surface area contributed by atoms with Gasteiger partial charge >= 0.3 is 59.1 Å². The molecule has 1 heterocycles. The molecule has 0 bridgehead atoms. The van der Waals surface area contributed by atoms with Crippen LogP contribution >= 0.6 is 12.2 Å². The summed E-state index contributed by atoms with van der Waals surface area (Å²) in [4.78, 5) is 7.83. The Morgan fingerprint density at radius 2 is 1.39 bits per heavy atom. The number of fused-ring (bicyclic) bond motifs is 1. The summed E-state index contributed by atoms with van der Waals surface area (Å²) in [5, 5.41) is -1.07. The van der Waals surface area contributed by atoms with Gasteiger partial charge in [-0.15, -0.1) is 0 Å². The van der Waals surface area contributed by atoms with E-state index in [0.29, 0.717) is 28.1 Å². The molecule has 0 saturated carbocycles. The fourth-order valence-corrected chi connectivity index (χ4v) is 6.20. The third-order valence-corrected chi connectivity index (χ3v) is 9.74. The first-order valence-corrected chi connectivity index (χ1v) is 17.6. The fraction of sp³-hybridized carbons (Fsp3) is 0.714. The summed E-state index contributed by atoms with van der Waals surface area (Å²) in [5.41, 5.74) is 1.15. The van der Waals surface area contributed by atoms with Gasteiger partial charge in [0.05, 0.1) is 26.0 Å². The largest absolute Gasteiger partial charge is 1.00 e. The van der Waals surface area contributed by atoms with E-state index < -0.39 is 25.5 Å². The maximum atomic E-state index is 12.0. The van der Waals surface area contributed by atoms with E-state index >= 15 is 0 Å². The number of hydrogen-bond donors (Lipinski definition) is 1. The minimum absolute atomic E-state index is 0. The monoisotopic (exact) mass is 646 g/mol. The second-order valence-corrected chi connectivity index (χ2v) is 14.3. The molecule has 0 spiro atoms. The van der Waals surface area contributed by atoms with Crippen LogP contribution in [0, 0.1) is 0 Å². The number of hydrogen-bond acceptors (Lipinski definition) is 8. The van der Waals surface area contributed by atoms with E-state index in [1.807, 2.05) is 0 Å². The van der Waals surface area contributed by atoms with Crippen molar-refractivity contribution in [2.45, 2.75) is 133 Å². The van der Waals surface area contributed by atoms with Crippen molar-refractivity contribution in [1.29, 1.82) is 0 Å². The molecular formula is C28H44N2Na2O6S3. The maximum absolute atomic E-state index is 12.0. The van der Waals surface area contributed by atoms with Crippen LogP contribution in [0.3, 0.4) is 0 Å². The minimum Gasteiger partial charge on any atom is -0.748 e. The molecule has 41 heavy (non-hydrogen) atoms. The number of benzene rings is 1. The fourth-order valence-electron chi connectivity index (χ4n) is 4.80. The normalized spacial score (nSPS) is 12.6. The predicted octanol–water partition coefficient (Wildman–Crippen LogP) is 0.735. The molecule has 8 nitrogen and oxygen atoms in total. The van der Waals surface area contributed by atoms with Gasteiger partial charge in [0.25, 0.3) is 0 Å². The molecular weight excluding hydrogens is 602 g/mol. The molecule has 0 radical (unpaired) electrons. The number of unbranched alkanes of at least 4 members (excludes halogenated alkanes) is 12. The number of rotatable bonds is 21. The van der Waals surface area contributed by atoms with Gasteiger partial charge in [0.2, 0.25) is 0 Å². The van der Waals surface area contributed by atoms with Crippen molar-refractivity contribution >= 4 is 48.4 Å². The summed E-state index contributed by atoms with van der Waals surface area (Å²) in [7, 11) is -9.15. The Labute approximate surface area is 297 Å². The molecule has 2 rings (SSSR count). The predicted molar refractivity (Wildman–Crippen MR) is 158 cm³/mol. The van der Waals surface area contributed by atoms with Gasteiger partial charge in [-0.3, -0.25) is 0 Å². The maximum Gasteiger partial charge on any atom is 1.00 e. The van der Waals surface area contributed by atoms with Gasteiger partial charge in [-0.1, -0.05) is 96.2 Å². The molecule has 1 N–H and O–H groups in total. The van der Waals surface area contributed by atoms with Crippen LogP contribution in [0.2, 0.25) is 0 Å². The first kappa shape index (κ1) is 41.6.